The van der Waals surface area contributed by atoms with Crippen molar-refractivity contribution in [1.82, 2.24) is 4.90 Å². The SMILES string of the molecule is O=C(CC1SC2=NCCN2C1=O)Nc1cccc(Cl)c1. The van der Waals surface area contributed by atoms with Gasteiger partial charge in [0.2, 0.25) is 11.8 Å². The highest BCUT2D eigenvalue weighted by Gasteiger charge is 2.40. The largest absolute Gasteiger partial charge is 0.326 e. The van der Waals surface area contributed by atoms with Crippen LogP contribution in [0.3, 0.4) is 0 Å². The Morgan fingerprint density at radius 1 is 1.55 bits per heavy atom. The smallest absolute Gasteiger partial charge is 0.242 e. The number of fused-ring (bicyclic) bond motifs is 1. The van der Waals surface area contributed by atoms with Gasteiger partial charge in [0.25, 0.3) is 0 Å². The summed E-state index contributed by atoms with van der Waals surface area (Å²) >= 11 is 7.23. The number of nitrogens with zero attached hydrogens (tertiary/aromatic N) is 2. The molecular weight excluding hydrogens is 298 g/mol. The standard InChI is InChI=1S/C13H12ClN3O2S/c14-8-2-1-3-9(6-8)16-11(18)7-10-12(19)17-5-4-15-13(17)20-10/h1-3,6,10H,4-5,7H2,(H,16,18). The molecule has 104 valence electrons. The fraction of sp³-hybridized carbons (Fsp3) is 0.308. The fourth-order valence-electron chi connectivity index (χ4n) is 2.16. The molecule has 0 bridgehead atoms. The Morgan fingerprint density at radius 3 is 3.15 bits per heavy atom. The van der Waals surface area contributed by atoms with Crippen LogP contribution in [-0.2, 0) is 9.59 Å². The van der Waals surface area contributed by atoms with Crippen molar-refractivity contribution < 1.29 is 9.59 Å². The first kappa shape index (κ1) is 13.5. The van der Waals surface area contributed by atoms with Crippen molar-refractivity contribution >= 4 is 46.0 Å². The average molecular weight is 310 g/mol. The zero-order chi connectivity index (χ0) is 14.1. The van der Waals surface area contributed by atoms with Crippen molar-refractivity contribution in [1.29, 1.82) is 0 Å². The monoisotopic (exact) mass is 309 g/mol. The van der Waals surface area contributed by atoms with Gasteiger partial charge >= 0.3 is 0 Å². The van der Waals surface area contributed by atoms with Crippen LogP contribution < -0.4 is 5.32 Å². The third kappa shape index (κ3) is 2.66. The molecule has 1 saturated heterocycles. The number of carbonyl (C=O) groups excluding carboxylic acids is 2. The van der Waals surface area contributed by atoms with E-state index in [9.17, 15) is 9.59 Å². The molecule has 0 saturated carbocycles. The van der Waals surface area contributed by atoms with E-state index in [0.717, 1.165) is 5.17 Å². The van der Waals surface area contributed by atoms with Crippen molar-refractivity contribution in [3.8, 4) is 0 Å². The molecular formula is C13H12ClN3O2S. The molecule has 7 heteroatoms. The molecule has 0 radical (unpaired) electrons. The molecule has 1 unspecified atom stereocenters. The van der Waals surface area contributed by atoms with E-state index in [1.807, 2.05) is 0 Å². The summed E-state index contributed by atoms with van der Waals surface area (Å²) in [4.78, 5) is 29.9. The van der Waals surface area contributed by atoms with Crippen molar-refractivity contribution in [2.75, 3.05) is 18.4 Å². The number of rotatable bonds is 3. The lowest BCUT2D eigenvalue weighted by atomic mass is 10.2. The van der Waals surface area contributed by atoms with Crippen molar-refractivity contribution in [3.63, 3.8) is 0 Å². The summed E-state index contributed by atoms with van der Waals surface area (Å²) in [6, 6.07) is 6.93. The maximum absolute atomic E-state index is 12.1. The minimum absolute atomic E-state index is 0.0208. The number of aliphatic imine (C=N–C) groups is 1. The van der Waals surface area contributed by atoms with Crippen LogP contribution in [0.5, 0.6) is 0 Å². The summed E-state index contributed by atoms with van der Waals surface area (Å²) in [7, 11) is 0. The van der Waals surface area contributed by atoms with Crippen LogP contribution >= 0.6 is 23.4 Å². The van der Waals surface area contributed by atoms with Gasteiger partial charge in [0.1, 0.15) is 5.25 Å². The number of amides is 2. The summed E-state index contributed by atoms with van der Waals surface area (Å²) in [5.41, 5.74) is 0.635. The second-order valence-corrected chi connectivity index (χ2v) is 6.13. The summed E-state index contributed by atoms with van der Waals surface area (Å²) < 4.78 is 0. The summed E-state index contributed by atoms with van der Waals surface area (Å²) in [5, 5.41) is 3.69. The number of benzene rings is 1. The van der Waals surface area contributed by atoms with Crippen molar-refractivity contribution in [2.45, 2.75) is 11.7 Å². The molecule has 1 aromatic carbocycles. The average Bonchev–Trinajstić information content (AvgIpc) is 2.94. The molecule has 0 spiro atoms. The van der Waals surface area contributed by atoms with Crippen LogP contribution in [0.25, 0.3) is 0 Å². The van der Waals surface area contributed by atoms with Gasteiger partial charge in [-0.15, -0.1) is 0 Å². The van der Waals surface area contributed by atoms with Gasteiger partial charge in [0, 0.05) is 23.7 Å². The molecule has 0 aliphatic carbocycles. The molecule has 2 aliphatic heterocycles. The van der Waals surface area contributed by atoms with Crippen LogP contribution in [0.15, 0.2) is 29.3 Å². The van der Waals surface area contributed by atoms with Crippen LogP contribution in [0.4, 0.5) is 5.69 Å². The number of halogens is 1. The molecule has 1 atom stereocenters. The van der Waals surface area contributed by atoms with E-state index in [4.69, 9.17) is 11.6 Å². The second kappa shape index (κ2) is 5.46. The molecule has 1 aromatic rings. The molecule has 2 heterocycles. The van der Waals surface area contributed by atoms with Crippen LogP contribution in [0, 0.1) is 0 Å². The number of amidine groups is 1. The van der Waals surface area contributed by atoms with Crippen LogP contribution in [0.1, 0.15) is 6.42 Å². The predicted molar refractivity (Wildman–Crippen MR) is 80.1 cm³/mol. The molecule has 1 fully saturated rings. The topological polar surface area (TPSA) is 61.8 Å². The minimum Gasteiger partial charge on any atom is -0.326 e. The molecule has 2 aliphatic rings. The lowest BCUT2D eigenvalue weighted by Crippen LogP contribution is -2.32. The number of carbonyl (C=O) groups is 2. The van der Waals surface area contributed by atoms with Crippen LogP contribution in [0.2, 0.25) is 5.02 Å². The van der Waals surface area contributed by atoms with Crippen molar-refractivity contribution in [3.05, 3.63) is 29.3 Å². The molecule has 0 aromatic heterocycles. The maximum Gasteiger partial charge on any atom is 0.242 e. The first-order valence-corrected chi connectivity index (χ1v) is 7.47. The highest BCUT2D eigenvalue weighted by atomic mass is 35.5. The quantitative estimate of drug-likeness (QED) is 0.928. The van der Waals surface area contributed by atoms with Gasteiger partial charge < -0.3 is 5.32 Å². The lowest BCUT2D eigenvalue weighted by molar-refractivity contribution is -0.127. The summed E-state index contributed by atoms with van der Waals surface area (Å²) in [6.45, 7) is 1.29. The van der Waals surface area contributed by atoms with Gasteiger partial charge in [0.15, 0.2) is 5.17 Å². The third-order valence-corrected chi connectivity index (χ3v) is 4.52. The zero-order valence-corrected chi connectivity index (χ0v) is 12.1. The predicted octanol–water partition coefficient (Wildman–Crippen LogP) is 1.98. The lowest BCUT2D eigenvalue weighted by Gasteiger charge is -2.10. The molecule has 2 amide bonds. The Bertz CT molecular complexity index is 605. The minimum atomic E-state index is -0.367. The van der Waals surface area contributed by atoms with E-state index in [1.54, 1.807) is 29.2 Å². The number of hydrogen-bond donors (Lipinski definition) is 1. The van der Waals surface area contributed by atoms with E-state index in [1.165, 1.54) is 11.8 Å². The second-order valence-electron chi connectivity index (χ2n) is 4.52. The Morgan fingerprint density at radius 2 is 2.40 bits per heavy atom. The summed E-state index contributed by atoms with van der Waals surface area (Å²) in [6.07, 6.45) is 0.144. The van der Waals surface area contributed by atoms with Gasteiger partial charge in [-0.3, -0.25) is 19.5 Å². The molecule has 1 N–H and O–H groups in total. The van der Waals surface area contributed by atoms with E-state index in [0.29, 0.717) is 23.8 Å². The van der Waals surface area contributed by atoms with Crippen molar-refractivity contribution in [2.24, 2.45) is 4.99 Å². The number of nitrogens with one attached hydrogen (secondary N) is 1. The Labute approximate surface area is 125 Å². The molecule has 3 rings (SSSR count). The van der Waals surface area contributed by atoms with E-state index in [2.05, 4.69) is 10.3 Å². The normalized spacial score (nSPS) is 20.9. The van der Waals surface area contributed by atoms with E-state index in [-0.39, 0.29) is 23.5 Å². The first-order chi connectivity index (χ1) is 9.63. The van der Waals surface area contributed by atoms with Gasteiger partial charge in [-0.1, -0.05) is 29.4 Å². The highest BCUT2D eigenvalue weighted by Crippen LogP contribution is 2.31. The van der Waals surface area contributed by atoms with Gasteiger partial charge in [-0.2, -0.15) is 0 Å². The Balaban J connectivity index is 1.61. The van der Waals surface area contributed by atoms with Crippen LogP contribution in [-0.4, -0.2) is 40.2 Å². The van der Waals surface area contributed by atoms with Gasteiger partial charge in [0.05, 0.1) is 6.54 Å². The van der Waals surface area contributed by atoms with E-state index >= 15 is 0 Å². The summed E-state index contributed by atoms with van der Waals surface area (Å²) in [5.74, 6) is -0.215. The highest BCUT2D eigenvalue weighted by molar-refractivity contribution is 8.15. The fourth-order valence-corrected chi connectivity index (χ4v) is 3.54. The molecule has 5 nitrogen and oxygen atoms in total. The zero-order valence-electron chi connectivity index (χ0n) is 10.5. The number of anilines is 1. The number of hydrogen-bond acceptors (Lipinski definition) is 4. The van der Waals surface area contributed by atoms with Gasteiger partial charge in [-0.25, -0.2) is 0 Å². The Kier molecular flexibility index (Phi) is 3.67. The van der Waals surface area contributed by atoms with E-state index < -0.39 is 0 Å². The molecule has 20 heavy (non-hydrogen) atoms. The van der Waals surface area contributed by atoms with Gasteiger partial charge in [-0.05, 0) is 18.2 Å². The number of thioether (sulfide) groups is 1. The maximum atomic E-state index is 12.1. The first-order valence-electron chi connectivity index (χ1n) is 6.21. The third-order valence-electron chi connectivity index (χ3n) is 3.07. The Hall–Kier alpha value is -1.53.